The van der Waals surface area contributed by atoms with E-state index in [-0.39, 0.29) is 0 Å². The van der Waals surface area contributed by atoms with Crippen molar-refractivity contribution in [3.8, 4) is 0 Å². The Morgan fingerprint density at radius 2 is 2.14 bits per heavy atom. The van der Waals surface area contributed by atoms with Crippen molar-refractivity contribution in [1.82, 2.24) is 5.32 Å². The molecule has 2 heteroatoms. The van der Waals surface area contributed by atoms with Crippen LogP contribution in [0.4, 0.5) is 0 Å². The third-order valence-corrected chi connectivity index (χ3v) is 4.56. The SMILES string of the molecule is CCCCCSC1CCCC(NC)C1. The van der Waals surface area contributed by atoms with Crippen LogP contribution in [-0.4, -0.2) is 24.1 Å². The minimum absolute atomic E-state index is 0.799. The summed E-state index contributed by atoms with van der Waals surface area (Å²) in [6.07, 6.45) is 9.85. The van der Waals surface area contributed by atoms with Gasteiger partial charge in [0.15, 0.2) is 0 Å². The van der Waals surface area contributed by atoms with E-state index in [2.05, 4.69) is 31.1 Å². The van der Waals surface area contributed by atoms with Crippen LogP contribution in [0.1, 0.15) is 51.9 Å². The molecule has 0 aromatic heterocycles. The molecule has 1 aliphatic carbocycles. The summed E-state index contributed by atoms with van der Waals surface area (Å²) in [5, 5.41) is 4.36. The van der Waals surface area contributed by atoms with E-state index in [1.807, 2.05) is 0 Å². The van der Waals surface area contributed by atoms with E-state index in [9.17, 15) is 0 Å². The van der Waals surface area contributed by atoms with Gasteiger partial charge in [0.2, 0.25) is 0 Å². The molecule has 0 bridgehead atoms. The van der Waals surface area contributed by atoms with E-state index in [0.717, 1.165) is 11.3 Å². The van der Waals surface area contributed by atoms with Gasteiger partial charge < -0.3 is 5.32 Å². The summed E-state index contributed by atoms with van der Waals surface area (Å²) < 4.78 is 0. The Hall–Kier alpha value is 0.310. The Morgan fingerprint density at radius 3 is 2.86 bits per heavy atom. The van der Waals surface area contributed by atoms with Gasteiger partial charge in [-0.25, -0.2) is 0 Å². The highest BCUT2D eigenvalue weighted by Crippen LogP contribution is 2.29. The minimum atomic E-state index is 0.799. The highest BCUT2D eigenvalue weighted by molar-refractivity contribution is 7.99. The van der Waals surface area contributed by atoms with Crippen molar-refractivity contribution < 1.29 is 0 Å². The largest absolute Gasteiger partial charge is 0.317 e. The Morgan fingerprint density at radius 1 is 1.29 bits per heavy atom. The van der Waals surface area contributed by atoms with Crippen LogP contribution in [0, 0.1) is 0 Å². The first kappa shape index (κ1) is 12.4. The van der Waals surface area contributed by atoms with Crippen LogP contribution in [0.25, 0.3) is 0 Å². The molecule has 0 amide bonds. The molecule has 2 unspecified atom stereocenters. The maximum atomic E-state index is 3.42. The standard InChI is InChI=1S/C12H25NS/c1-3-4-5-9-14-12-8-6-7-11(10-12)13-2/h11-13H,3-10H2,1-2H3. The summed E-state index contributed by atoms with van der Waals surface area (Å²) in [5.74, 6) is 1.38. The lowest BCUT2D eigenvalue weighted by Gasteiger charge is -2.28. The maximum absolute atomic E-state index is 3.42. The zero-order chi connectivity index (χ0) is 10.2. The molecule has 1 fully saturated rings. The van der Waals surface area contributed by atoms with E-state index < -0.39 is 0 Å². The van der Waals surface area contributed by atoms with Gasteiger partial charge in [0, 0.05) is 11.3 Å². The average molecular weight is 215 g/mol. The van der Waals surface area contributed by atoms with Crippen LogP contribution in [0.15, 0.2) is 0 Å². The van der Waals surface area contributed by atoms with Gasteiger partial charge in [-0.15, -0.1) is 0 Å². The number of hydrogen-bond donors (Lipinski definition) is 1. The average Bonchev–Trinajstić information content (AvgIpc) is 2.25. The van der Waals surface area contributed by atoms with E-state index in [4.69, 9.17) is 0 Å². The molecule has 1 nitrogen and oxygen atoms in total. The molecule has 1 aliphatic rings. The van der Waals surface area contributed by atoms with Crippen LogP contribution in [0.5, 0.6) is 0 Å². The van der Waals surface area contributed by atoms with Crippen molar-refractivity contribution in [1.29, 1.82) is 0 Å². The van der Waals surface area contributed by atoms with E-state index in [0.29, 0.717) is 0 Å². The van der Waals surface area contributed by atoms with Crippen LogP contribution in [0.3, 0.4) is 0 Å². The molecule has 1 N–H and O–H groups in total. The number of unbranched alkanes of at least 4 members (excludes halogenated alkanes) is 2. The van der Waals surface area contributed by atoms with Crippen LogP contribution in [0.2, 0.25) is 0 Å². The second kappa shape index (κ2) is 7.58. The molecule has 84 valence electrons. The molecule has 0 aromatic carbocycles. The quantitative estimate of drug-likeness (QED) is 0.681. The van der Waals surface area contributed by atoms with Crippen molar-refractivity contribution in [2.24, 2.45) is 0 Å². The zero-order valence-electron chi connectivity index (χ0n) is 9.72. The second-order valence-electron chi connectivity index (χ2n) is 4.35. The van der Waals surface area contributed by atoms with Crippen LogP contribution >= 0.6 is 11.8 Å². The van der Waals surface area contributed by atoms with E-state index in [1.54, 1.807) is 0 Å². The Balaban J connectivity index is 2.05. The predicted octanol–water partition coefficient (Wildman–Crippen LogP) is 3.44. The summed E-state index contributed by atoms with van der Waals surface area (Å²) >= 11 is 2.22. The smallest absolute Gasteiger partial charge is 0.00746 e. The molecule has 2 atom stereocenters. The molecule has 0 heterocycles. The van der Waals surface area contributed by atoms with Crippen molar-refractivity contribution in [3.63, 3.8) is 0 Å². The van der Waals surface area contributed by atoms with Gasteiger partial charge in [0.05, 0.1) is 0 Å². The number of rotatable bonds is 6. The molecular formula is C12H25NS. The molecule has 0 radical (unpaired) electrons. The minimum Gasteiger partial charge on any atom is -0.317 e. The van der Waals surface area contributed by atoms with Crippen LogP contribution in [-0.2, 0) is 0 Å². The number of thioether (sulfide) groups is 1. The normalized spacial score (nSPS) is 27.9. The molecule has 1 rings (SSSR count). The summed E-state index contributed by atoms with van der Waals surface area (Å²) in [6, 6.07) is 0.799. The predicted molar refractivity (Wildman–Crippen MR) is 67.1 cm³/mol. The molecule has 0 aliphatic heterocycles. The zero-order valence-corrected chi connectivity index (χ0v) is 10.5. The summed E-state index contributed by atoms with van der Waals surface area (Å²) in [6.45, 7) is 2.28. The van der Waals surface area contributed by atoms with Crippen molar-refractivity contribution in [3.05, 3.63) is 0 Å². The Labute approximate surface area is 93.4 Å². The van der Waals surface area contributed by atoms with Gasteiger partial charge in [-0.1, -0.05) is 26.2 Å². The Bertz CT molecular complexity index is 138. The first-order valence-corrected chi connectivity index (χ1v) is 7.20. The molecule has 0 saturated heterocycles. The summed E-state index contributed by atoms with van der Waals surface area (Å²) in [5.41, 5.74) is 0. The lowest BCUT2D eigenvalue weighted by molar-refractivity contribution is 0.402. The molecule has 0 spiro atoms. The second-order valence-corrected chi connectivity index (χ2v) is 5.76. The summed E-state index contributed by atoms with van der Waals surface area (Å²) in [4.78, 5) is 0. The maximum Gasteiger partial charge on any atom is 0.00746 e. The van der Waals surface area contributed by atoms with Crippen molar-refractivity contribution in [2.75, 3.05) is 12.8 Å². The third kappa shape index (κ3) is 4.70. The third-order valence-electron chi connectivity index (χ3n) is 3.14. The summed E-state index contributed by atoms with van der Waals surface area (Å²) in [7, 11) is 2.11. The first-order valence-electron chi connectivity index (χ1n) is 6.15. The van der Waals surface area contributed by atoms with Gasteiger partial charge in [-0.3, -0.25) is 0 Å². The van der Waals surface area contributed by atoms with Gasteiger partial charge >= 0.3 is 0 Å². The molecule has 1 saturated carbocycles. The van der Waals surface area contributed by atoms with E-state index in [1.165, 1.54) is 50.7 Å². The van der Waals surface area contributed by atoms with Gasteiger partial charge in [-0.2, -0.15) is 11.8 Å². The topological polar surface area (TPSA) is 12.0 Å². The van der Waals surface area contributed by atoms with Crippen molar-refractivity contribution >= 4 is 11.8 Å². The molecular weight excluding hydrogens is 190 g/mol. The van der Waals surface area contributed by atoms with Gasteiger partial charge in [0.25, 0.3) is 0 Å². The van der Waals surface area contributed by atoms with Gasteiger partial charge in [0.1, 0.15) is 0 Å². The lowest BCUT2D eigenvalue weighted by Crippen LogP contribution is -2.32. The Kier molecular flexibility index (Phi) is 6.70. The first-order chi connectivity index (χ1) is 6.86. The monoisotopic (exact) mass is 215 g/mol. The highest BCUT2D eigenvalue weighted by Gasteiger charge is 2.20. The van der Waals surface area contributed by atoms with Gasteiger partial charge in [-0.05, 0) is 38.5 Å². The highest BCUT2D eigenvalue weighted by atomic mass is 32.2. The fourth-order valence-corrected chi connectivity index (χ4v) is 3.57. The van der Waals surface area contributed by atoms with Crippen LogP contribution < -0.4 is 5.32 Å². The fraction of sp³-hybridized carbons (Fsp3) is 1.00. The number of nitrogens with one attached hydrogen (secondary N) is 1. The lowest BCUT2D eigenvalue weighted by atomic mass is 9.95. The molecule has 14 heavy (non-hydrogen) atoms. The molecule has 0 aromatic rings. The number of hydrogen-bond acceptors (Lipinski definition) is 2. The van der Waals surface area contributed by atoms with Crippen molar-refractivity contribution in [2.45, 2.75) is 63.2 Å². The van der Waals surface area contributed by atoms with E-state index >= 15 is 0 Å². The fourth-order valence-electron chi connectivity index (χ4n) is 2.16.